The number of aromatic nitrogens is 3. The van der Waals surface area contributed by atoms with Crippen LogP contribution in [0, 0.1) is 5.82 Å². The molecule has 0 radical (unpaired) electrons. The normalized spacial score (nSPS) is 11.8. The molecule has 0 saturated heterocycles. The fourth-order valence-electron chi connectivity index (χ4n) is 2.63. The molecule has 144 valence electrons. The van der Waals surface area contributed by atoms with Crippen LogP contribution in [0.4, 0.5) is 4.39 Å². The number of thioether (sulfide) groups is 1. The van der Waals surface area contributed by atoms with Crippen molar-refractivity contribution in [2.75, 3.05) is 6.54 Å². The highest BCUT2D eigenvalue weighted by Crippen LogP contribution is 2.28. The zero-order valence-corrected chi connectivity index (χ0v) is 16.3. The van der Waals surface area contributed by atoms with Gasteiger partial charge in [0, 0.05) is 12.1 Å². The third-order valence-corrected chi connectivity index (χ3v) is 5.16. The van der Waals surface area contributed by atoms with Gasteiger partial charge in [0.15, 0.2) is 11.0 Å². The molecule has 1 atom stereocenters. The maximum absolute atomic E-state index is 13.3. The number of amides is 1. The molecule has 0 spiro atoms. The zero-order valence-electron chi connectivity index (χ0n) is 15.5. The van der Waals surface area contributed by atoms with E-state index in [0.717, 1.165) is 11.1 Å². The first-order valence-corrected chi connectivity index (χ1v) is 9.74. The van der Waals surface area contributed by atoms with Gasteiger partial charge in [0.25, 0.3) is 0 Å². The fraction of sp³-hybridized carbons (Fsp3) is 0.190. The highest BCUT2D eigenvalue weighted by molar-refractivity contribution is 8.00. The van der Waals surface area contributed by atoms with Gasteiger partial charge in [-0.15, -0.1) is 16.8 Å². The van der Waals surface area contributed by atoms with Crippen LogP contribution in [0.25, 0.3) is 11.4 Å². The Balaban J connectivity index is 1.92. The lowest BCUT2D eigenvalue weighted by Crippen LogP contribution is -2.31. The molecule has 0 fully saturated rings. The summed E-state index contributed by atoms with van der Waals surface area (Å²) in [7, 11) is 0. The molecule has 28 heavy (non-hydrogen) atoms. The van der Waals surface area contributed by atoms with Gasteiger partial charge in [-0.3, -0.25) is 9.36 Å². The molecule has 1 N–H and O–H groups in total. The number of hydrogen-bond donors (Lipinski definition) is 1. The van der Waals surface area contributed by atoms with Gasteiger partial charge in [-0.25, -0.2) is 4.39 Å². The number of nitrogens with zero attached hydrogens (tertiary/aromatic N) is 3. The Morgan fingerprint density at radius 3 is 2.61 bits per heavy atom. The summed E-state index contributed by atoms with van der Waals surface area (Å²) in [6, 6.07) is 16.1. The summed E-state index contributed by atoms with van der Waals surface area (Å²) in [5, 5.41) is 11.7. The summed E-state index contributed by atoms with van der Waals surface area (Å²) in [5.74, 6) is 0.229. The number of carbonyl (C=O) groups is 1. The van der Waals surface area contributed by atoms with Crippen LogP contribution >= 0.6 is 11.8 Å². The van der Waals surface area contributed by atoms with Gasteiger partial charge in [0.05, 0.1) is 11.8 Å². The summed E-state index contributed by atoms with van der Waals surface area (Å²) < 4.78 is 15.3. The van der Waals surface area contributed by atoms with Crippen molar-refractivity contribution in [3.8, 4) is 11.4 Å². The third kappa shape index (κ3) is 4.86. The number of halogens is 1. The van der Waals surface area contributed by atoms with E-state index in [-0.39, 0.29) is 17.0 Å². The van der Waals surface area contributed by atoms with E-state index in [4.69, 9.17) is 0 Å². The number of carbonyl (C=O) groups excluding carboxylic acids is 1. The van der Waals surface area contributed by atoms with Crippen LogP contribution in [0.2, 0.25) is 0 Å². The van der Waals surface area contributed by atoms with Gasteiger partial charge in [-0.2, -0.15) is 0 Å². The largest absolute Gasteiger partial charge is 0.352 e. The first-order chi connectivity index (χ1) is 13.6. The predicted octanol–water partition coefficient (Wildman–Crippen LogP) is 3.92. The van der Waals surface area contributed by atoms with Crippen LogP contribution in [0.1, 0.15) is 12.5 Å². The van der Waals surface area contributed by atoms with E-state index in [2.05, 4.69) is 22.1 Å². The molecule has 3 aromatic rings. The lowest BCUT2D eigenvalue weighted by Gasteiger charge is -2.13. The predicted molar refractivity (Wildman–Crippen MR) is 109 cm³/mol. The molecule has 7 heteroatoms. The number of benzene rings is 2. The van der Waals surface area contributed by atoms with E-state index < -0.39 is 0 Å². The minimum Gasteiger partial charge on any atom is -0.352 e. The van der Waals surface area contributed by atoms with Crippen molar-refractivity contribution in [2.24, 2.45) is 0 Å². The topological polar surface area (TPSA) is 59.8 Å². The van der Waals surface area contributed by atoms with Gasteiger partial charge in [0.1, 0.15) is 5.82 Å². The van der Waals surface area contributed by atoms with E-state index in [1.807, 2.05) is 41.8 Å². The van der Waals surface area contributed by atoms with Gasteiger partial charge in [0.2, 0.25) is 5.91 Å². The highest BCUT2D eigenvalue weighted by Gasteiger charge is 2.20. The maximum Gasteiger partial charge on any atom is 0.233 e. The molecular weight excluding hydrogens is 375 g/mol. The fourth-order valence-corrected chi connectivity index (χ4v) is 3.50. The van der Waals surface area contributed by atoms with Crippen LogP contribution in [-0.2, 0) is 11.3 Å². The first-order valence-electron chi connectivity index (χ1n) is 8.87. The zero-order chi connectivity index (χ0) is 19.9. The monoisotopic (exact) mass is 396 g/mol. The van der Waals surface area contributed by atoms with Crippen molar-refractivity contribution >= 4 is 17.7 Å². The number of hydrogen-bond acceptors (Lipinski definition) is 4. The molecule has 0 aliphatic rings. The van der Waals surface area contributed by atoms with Crippen molar-refractivity contribution in [3.05, 3.63) is 78.6 Å². The highest BCUT2D eigenvalue weighted by atomic mass is 32.2. The molecule has 1 heterocycles. The Labute approximate surface area is 167 Å². The van der Waals surface area contributed by atoms with Crippen LogP contribution in [-0.4, -0.2) is 32.5 Å². The molecule has 2 aromatic carbocycles. The minimum absolute atomic E-state index is 0.0949. The van der Waals surface area contributed by atoms with Crippen molar-refractivity contribution in [1.29, 1.82) is 0 Å². The molecule has 0 aliphatic heterocycles. The molecule has 1 amide bonds. The molecule has 1 unspecified atom stereocenters. The Hall–Kier alpha value is -2.93. The van der Waals surface area contributed by atoms with E-state index in [0.29, 0.717) is 24.1 Å². The van der Waals surface area contributed by atoms with Crippen LogP contribution < -0.4 is 5.32 Å². The molecule has 1 aromatic heterocycles. The first kappa shape index (κ1) is 19.8. The molecule has 0 aliphatic carbocycles. The van der Waals surface area contributed by atoms with Crippen LogP contribution in [0.15, 0.2) is 72.4 Å². The van der Waals surface area contributed by atoms with Gasteiger partial charge in [-0.1, -0.05) is 48.2 Å². The maximum atomic E-state index is 13.3. The van der Waals surface area contributed by atoms with Gasteiger partial charge >= 0.3 is 0 Å². The molecule has 0 bridgehead atoms. The Bertz CT molecular complexity index is 941. The van der Waals surface area contributed by atoms with E-state index in [1.54, 1.807) is 18.2 Å². The van der Waals surface area contributed by atoms with Crippen molar-refractivity contribution in [2.45, 2.75) is 23.9 Å². The van der Waals surface area contributed by atoms with Crippen molar-refractivity contribution in [3.63, 3.8) is 0 Å². The summed E-state index contributed by atoms with van der Waals surface area (Å²) in [4.78, 5) is 12.2. The van der Waals surface area contributed by atoms with Gasteiger partial charge in [-0.05, 0) is 36.8 Å². The number of rotatable bonds is 8. The molecule has 0 saturated carbocycles. The van der Waals surface area contributed by atoms with Crippen LogP contribution in [0.3, 0.4) is 0 Å². The molecular formula is C21H21FN4OS. The average molecular weight is 396 g/mol. The van der Waals surface area contributed by atoms with Gasteiger partial charge < -0.3 is 5.32 Å². The molecule has 5 nitrogen and oxygen atoms in total. The summed E-state index contributed by atoms with van der Waals surface area (Å²) in [5.41, 5.74) is 1.84. The van der Waals surface area contributed by atoms with Crippen molar-refractivity contribution < 1.29 is 9.18 Å². The Kier molecular flexibility index (Phi) is 6.60. The lowest BCUT2D eigenvalue weighted by molar-refractivity contribution is -0.120. The SMILES string of the molecule is C=CCNC(=O)C(C)Sc1nnc(-c2ccc(F)cc2)n1Cc1ccccc1. The van der Waals surface area contributed by atoms with Crippen molar-refractivity contribution in [1.82, 2.24) is 20.1 Å². The lowest BCUT2D eigenvalue weighted by atomic mass is 10.2. The number of nitrogens with one attached hydrogen (secondary N) is 1. The van der Waals surface area contributed by atoms with Crippen LogP contribution in [0.5, 0.6) is 0 Å². The Morgan fingerprint density at radius 2 is 1.93 bits per heavy atom. The van der Waals surface area contributed by atoms with E-state index >= 15 is 0 Å². The average Bonchev–Trinajstić information content (AvgIpc) is 3.09. The molecule has 3 rings (SSSR count). The van der Waals surface area contributed by atoms with E-state index in [1.165, 1.54) is 23.9 Å². The minimum atomic E-state index is -0.347. The van der Waals surface area contributed by atoms with E-state index in [9.17, 15) is 9.18 Å². The third-order valence-electron chi connectivity index (χ3n) is 4.07. The second kappa shape index (κ2) is 9.32. The Morgan fingerprint density at radius 1 is 1.21 bits per heavy atom. The summed E-state index contributed by atoms with van der Waals surface area (Å²) in [6.07, 6.45) is 1.64. The smallest absolute Gasteiger partial charge is 0.233 e. The standard InChI is InChI=1S/C21H21FN4OS/c1-3-13-23-20(27)15(2)28-21-25-24-19(17-9-11-18(22)12-10-17)26(21)14-16-7-5-4-6-8-16/h3-12,15H,1,13-14H2,2H3,(H,23,27). The second-order valence-electron chi connectivity index (χ2n) is 6.18. The summed E-state index contributed by atoms with van der Waals surface area (Å²) >= 11 is 1.34. The second-order valence-corrected chi connectivity index (χ2v) is 7.49. The quantitative estimate of drug-likeness (QED) is 0.463. The summed E-state index contributed by atoms with van der Waals surface area (Å²) in [6.45, 7) is 6.39.